The van der Waals surface area contributed by atoms with Gasteiger partial charge < -0.3 is 18.9 Å². The maximum absolute atomic E-state index is 6.61. The van der Waals surface area contributed by atoms with Crippen molar-refractivity contribution in [1.29, 1.82) is 0 Å². The smallest absolute Gasteiger partial charge is 0.141 e. The van der Waals surface area contributed by atoms with Gasteiger partial charge in [-0.25, -0.2) is 9.67 Å². The first-order valence-corrected chi connectivity index (χ1v) is 18.9. The molecule has 9 rings (SSSR count). The lowest BCUT2D eigenvalue weighted by Gasteiger charge is -2.20. The molecule has 0 amide bonds. The summed E-state index contributed by atoms with van der Waals surface area (Å²) in [5.41, 5.74) is 8.83. The topological polar surface area (TPSA) is 72.6 Å². The fraction of sp³-hybridized carbons (Fsp3) is 0.102. The molecule has 280 valence electrons. The molecular weight excluding hydrogens is 709 g/mol. The summed E-state index contributed by atoms with van der Waals surface area (Å²) >= 11 is 0. The molecule has 0 atom stereocenters. The van der Waals surface area contributed by atoms with Crippen LogP contribution in [-0.4, -0.2) is 26.4 Å². The number of hydrogen-bond donors (Lipinski definition) is 0. The van der Waals surface area contributed by atoms with E-state index in [4.69, 9.17) is 29.0 Å². The summed E-state index contributed by atoms with van der Waals surface area (Å²) in [5, 5.41) is 7.08. The van der Waals surface area contributed by atoms with Crippen LogP contribution in [0.4, 0.5) is 0 Å². The molecule has 0 fully saturated rings. The van der Waals surface area contributed by atoms with Crippen molar-refractivity contribution in [2.75, 3.05) is 7.11 Å². The predicted octanol–water partition coefficient (Wildman–Crippen LogP) is 11.6. The Bertz CT molecular complexity index is 2780. The second kappa shape index (κ2) is 15.4. The molecule has 0 aliphatic rings. The largest absolute Gasteiger partial charge is 0.497 e. The number of methoxy groups -OCH3 is 1. The van der Waals surface area contributed by atoms with Crippen molar-refractivity contribution in [3.8, 4) is 51.4 Å². The van der Waals surface area contributed by atoms with Crippen molar-refractivity contribution >= 4 is 21.8 Å². The molecule has 9 aromatic rings. The number of nitrogens with zero attached hydrogens (tertiary/aromatic N) is 4. The van der Waals surface area contributed by atoms with Gasteiger partial charge in [0.1, 0.15) is 47.8 Å². The summed E-state index contributed by atoms with van der Waals surface area (Å²) in [6, 6.07) is 48.7. The van der Waals surface area contributed by atoms with Gasteiger partial charge in [0.25, 0.3) is 0 Å². The van der Waals surface area contributed by atoms with Gasteiger partial charge in [-0.15, -0.1) is 0 Å². The highest BCUT2D eigenvalue weighted by atomic mass is 16.5. The molecule has 0 aliphatic carbocycles. The minimum Gasteiger partial charge on any atom is -0.497 e. The van der Waals surface area contributed by atoms with E-state index in [1.54, 1.807) is 13.3 Å². The number of benzene rings is 6. The van der Waals surface area contributed by atoms with Gasteiger partial charge in [-0.1, -0.05) is 84.9 Å². The Morgan fingerprint density at radius 3 is 1.96 bits per heavy atom. The van der Waals surface area contributed by atoms with Crippen LogP contribution in [0.5, 0.6) is 28.7 Å². The van der Waals surface area contributed by atoms with Crippen LogP contribution in [0.3, 0.4) is 0 Å². The van der Waals surface area contributed by atoms with E-state index >= 15 is 0 Å². The first-order chi connectivity index (χ1) is 28.0. The number of aromatic nitrogens is 4. The van der Waals surface area contributed by atoms with E-state index in [-0.39, 0.29) is 0 Å². The van der Waals surface area contributed by atoms with Crippen LogP contribution < -0.4 is 18.9 Å². The number of hydrogen-bond acceptors (Lipinski definition) is 6. The van der Waals surface area contributed by atoms with E-state index in [0.717, 1.165) is 83.9 Å². The summed E-state index contributed by atoms with van der Waals surface area (Å²) in [6.45, 7) is 5.00. The minimum absolute atomic E-state index is 0.423. The second-order valence-corrected chi connectivity index (χ2v) is 14.0. The lowest BCUT2D eigenvalue weighted by atomic mass is 9.99. The molecule has 8 nitrogen and oxygen atoms in total. The zero-order chi connectivity index (χ0) is 38.7. The number of aryl methyl sites for hydroxylation is 2. The summed E-state index contributed by atoms with van der Waals surface area (Å²) in [4.78, 5) is 4.70. The van der Waals surface area contributed by atoms with E-state index in [0.29, 0.717) is 24.7 Å². The van der Waals surface area contributed by atoms with Gasteiger partial charge >= 0.3 is 0 Å². The van der Waals surface area contributed by atoms with Crippen LogP contribution in [0.1, 0.15) is 22.3 Å². The molecule has 0 aliphatic heterocycles. The standard InChI is InChI=1S/C49H40N4O4/c1-33-25-34(2)49(56-32-36-15-8-5-9-16-36)47(48(33)55-31-35-13-6-4-7-14-35)37-29-51-52(30-37)38-17-12-18-40(26-38)57-41-21-22-43-42-19-10-11-20-44(42)53(45(43)27-41)46-28-39(54-3)23-24-50-46/h4-30H,31-32H2,1-3H3. The van der Waals surface area contributed by atoms with Crippen molar-refractivity contribution in [1.82, 2.24) is 19.3 Å². The normalized spacial score (nSPS) is 11.2. The van der Waals surface area contributed by atoms with E-state index in [1.165, 1.54) is 0 Å². The van der Waals surface area contributed by atoms with Gasteiger partial charge in [-0.2, -0.15) is 5.10 Å². The number of para-hydroxylation sites is 1. The van der Waals surface area contributed by atoms with E-state index in [9.17, 15) is 0 Å². The molecule has 57 heavy (non-hydrogen) atoms. The fourth-order valence-electron chi connectivity index (χ4n) is 7.38. The summed E-state index contributed by atoms with van der Waals surface area (Å²) < 4.78 is 29.3. The lowest BCUT2D eigenvalue weighted by Crippen LogP contribution is -2.04. The molecular formula is C49H40N4O4. The van der Waals surface area contributed by atoms with Crippen LogP contribution in [-0.2, 0) is 13.2 Å². The molecule has 0 bridgehead atoms. The Morgan fingerprint density at radius 1 is 0.579 bits per heavy atom. The molecule has 0 saturated carbocycles. The average Bonchev–Trinajstić information content (AvgIpc) is 3.87. The quantitative estimate of drug-likeness (QED) is 0.124. The maximum Gasteiger partial charge on any atom is 0.141 e. The van der Waals surface area contributed by atoms with Gasteiger partial charge in [0, 0.05) is 46.9 Å². The lowest BCUT2D eigenvalue weighted by molar-refractivity contribution is 0.290. The predicted molar refractivity (Wildman–Crippen MR) is 225 cm³/mol. The molecule has 0 N–H and O–H groups in total. The van der Waals surface area contributed by atoms with Gasteiger partial charge in [0.2, 0.25) is 0 Å². The highest BCUT2D eigenvalue weighted by Crippen LogP contribution is 2.44. The fourth-order valence-corrected chi connectivity index (χ4v) is 7.38. The van der Waals surface area contributed by atoms with Crippen molar-refractivity contribution in [3.63, 3.8) is 0 Å². The third-order valence-corrected chi connectivity index (χ3v) is 10.1. The number of pyridine rings is 1. The Labute approximate surface area is 331 Å². The van der Waals surface area contributed by atoms with Gasteiger partial charge in [0.15, 0.2) is 0 Å². The molecule has 8 heteroatoms. The van der Waals surface area contributed by atoms with E-state index in [2.05, 4.69) is 79.1 Å². The molecule has 0 saturated heterocycles. The zero-order valence-corrected chi connectivity index (χ0v) is 31.9. The third kappa shape index (κ3) is 7.16. The SMILES string of the molecule is COc1ccnc(-n2c3ccccc3c3ccc(Oc4cccc(-n5cc(-c6c(OCc7ccccc7)c(C)cc(C)c6OCc6ccccc6)cn5)c4)cc32)c1. The van der Waals surface area contributed by atoms with Crippen molar-refractivity contribution in [3.05, 3.63) is 186 Å². The number of ether oxygens (including phenoxy) is 4. The highest BCUT2D eigenvalue weighted by molar-refractivity contribution is 6.09. The maximum atomic E-state index is 6.61. The molecule has 3 aromatic heterocycles. The monoisotopic (exact) mass is 748 g/mol. The number of fused-ring (bicyclic) bond motifs is 3. The van der Waals surface area contributed by atoms with Crippen LogP contribution >= 0.6 is 0 Å². The highest BCUT2D eigenvalue weighted by Gasteiger charge is 2.22. The van der Waals surface area contributed by atoms with Gasteiger partial charge in [0.05, 0.1) is 35.6 Å². The Hall–Kier alpha value is -7.32. The van der Waals surface area contributed by atoms with Crippen molar-refractivity contribution in [2.24, 2.45) is 0 Å². The zero-order valence-electron chi connectivity index (χ0n) is 31.9. The third-order valence-electron chi connectivity index (χ3n) is 10.1. The van der Waals surface area contributed by atoms with Crippen molar-refractivity contribution in [2.45, 2.75) is 27.1 Å². The Kier molecular flexibility index (Phi) is 9.58. The van der Waals surface area contributed by atoms with E-state index in [1.807, 2.05) is 102 Å². The Balaban J connectivity index is 1.05. The average molecular weight is 749 g/mol. The molecule has 0 spiro atoms. The summed E-state index contributed by atoms with van der Waals surface area (Å²) in [5.74, 6) is 4.41. The Morgan fingerprint density at radius 2 is 1.25 bits per heavy atom. The van der Waals surface area contributed by atoms with Crippen LogP contribution in [0, 0.1) is 13.8 Å². The van der Waals surface area contributed by atoms with E-state index < -0.39 is 0 Å². The minimum atomic E-state index is 0.423. The van der Waals surface area contributed by atoms with Crippen LogP contribution in [0.25, 0.3) is 44.4 Å². The van der Waals surface area contributed by atoms with Gasteiger partial charge in [-0.3, -0.25) is 4.57 Å². The summed E-state index contributed by atoms with van der Waals surface area (Å²) in [7, 11) is 1.66. The molecule has 6 aromatic carbocycles. The van der Waals surface area contributed by atoms with Crippen LogP contribution in [0.15, 0.2) is 164 Å². The van der Waals surface area contributed by atoms with Crippen LogP contribution in [0.2, 0.25) is 0 Å². The molecule has 0 unspecified atom stereocenters. The van der Waals surface area contributed by atoms with Gasteiger partial charge in [-0.05, 0) is 78.6 Å². The molecule has 0 radical (unpaired) electrons. The second-order valence-electron chi connectivity index (χ2n) is 14.0. The van der Waals surface area contributed by atoms with Crippen molar-refractivity contribution < 1.29 is 18.9 Å². The number of rotatable bonds is 12. The first kappa shape index (κ1) is 35.4. The summed E-state index contributed by atoms with van der Waals surface area (Å²) in [6.07, 6.45) is 5.65. The first-order valence-electron chi connectivity index (χ1n) is 18.9. The molecule has 3 heterocycles.